The molecule has 0 aliphatic carbocycles. The van der Waals surface area contributed by atoms with Crippen LogP contribution in [0.1, 0.15) is 19.0 Å². The average Bonchev–Trinajstić information content (AvgIpc) is 2.95. The summed E-state index contributed by atoms with van der Waals surface area (Å²) in [6, 6.07) is 11.4. The minimum atomic E-state index is -0.0901. The molecule has 0 spiro atoms. The van der Waals surface area contributed by atoms with Crippen molar-refractivity contribution in [1.82, 2.24) is 10.5 Å². The number of benzene rings is 1. The third kappa shape index (κ3) is 4.72. The fraction of sp³-hybridized carbons (Fsp3) is 0.375. The molecule has 2 rings (SSSR count). The number of aliphatic hydroxyl groups is 1. The number of hydrogen-bond donors (Lipinski definition) is 2. The van der Waals surface area contributed by atoms with Gasteiger partial charge in [-0.15, -0.1) is 0 Å². The Morgan fingerprint density at radius 1 is 1.38 bits per heavy atom. The summed E-state index contributed by atoms with van der Waals surface area (Å²) in [6.07, 6.45) is 0.880. The lowest BCUT2D eigenvalue weighted by atomic mass is 10.1. The van der Waals surface area contributed by atoms with E-state index in [1.807, 2.05) is 37.3 Å². The molecule has 1 unspecified atom stereocenters. The summed E-state index contributed by atoms with van der Waals surface area (Å²) in [4.78, 5) is 11.8. The third-order valence-corrected chi connectivity index (χ3v) is 3.23. The van der Waals surface area contributed by atoms with Crippen molar-refractivity contribution in [3.05, 3.63) is 42.1 Å². The van der Waals surface area contributed by atoms with E-state index in [1.54, 1.807) is 6.07 Å². The van der Waals surface area contributed by atoms with Crippen molar-refractivity contribution < 1.29 is 14.4 Å². The molecule has 0 saturated heterocycles. The maximum atomic E-state index is 11.8. The minimum Gasteiger partial charge on any atom is -0.396 e. The van der Waals surface area contributed by atoms with Gasteiger partial charge in [-0.2, -0.15) is 0 Å². The van der Waals surface area contributed by atoms with Gasteiger partial charge in [-0.25, -0.2) is 0 Å². The van der Waals surface area contributed by atoms with Crippen LogP contribution in [0.25, 0.3) is 11.3 Å². The lowest BCUT2D eigenvalue weighted by Gasteiger charge is -2.10. The van der Waals surface area contributed by atoms with Gasteiger partial charge in [0.05, 0.1) is 12.1 Å². The molecule has 1 atom stereocenters. The zero-order valence-electron chi connectivity index (χ0n) is 12.1. The van der Waals surface area contributed by atoms with Crippen molar-refractivity contribution in [2.75, 3.05) is 13.2 Å². The second-order valence-electron chi connectivity index (χ2n) is 5.15. The number of hydrogen-bond acceptors (Lipinski definition) is 4. The molecule has 0 radical (unpaired) electrons. The van der Waals surface area contributed by atoms with Gasteiger partial charge in [-0.3, -0.25) is 4.79 Å². The summed E-state index contributed by atoms with van der Waals surface area (Å²) < 4.78 is 5.25. The summed E-state index contributed by atoms with van der Waals surface area (Å²) in [5.74, 6) is 0.830. The van der Waals surface area contributed by atoms with E-state index < -0.39 is 0 Å². The van der Waals surface area contributed by atoms with Crippen LogP contribution >= 0.6 is 0 Å². The number of carbonyl (C=O) groups excluding carboxylic acids is 1. The molecule has 0 bridgehead atoms. The molecule has 21 heavy (non-hydrogen) atoms. The molecule has 0 aliphatic rings. The minimum absolute atomic E-state index is 0.0901. The highest BCUT2D eigenvalue weighted by molar-refractivity contribution is 5.78. The first-order valence-electron chi connectivity index (χ1n) is 7.07. The Morgan fingerprint density at radius 3 is 2.86 bits per heavy atom. The normalized spacial score (nSPS) is 12.1. The van der Waals surface area contributed by atoms with Crippen LogP contribution in [0, 0.1) is 5.92 Å². The van der Waals surface area contributed by atoms with Crippen LogP contribution in [0.15, 0.2) is 40.9 Å². The lowest BCUT2D eigenvalue weighted by Crippen LogP contribution is -2.30. The van der Waals surface area contributed by atoms with Crippen molar-refractivity contribution in [2.45, 2.75) is 19.8 Å². The second kappa shape index (κ2) is 7.59. The topological polar surface area (TPSA) is 75.4 Å². The molecule has 0 saturated carbocycles. The highest BCUT2D eigenvalue weighted by atomic mass is 16.5. The van der Waals surface area contributed by atoms with Crippen LogP contribution in [-0.4, -0.2) is 29.3 Å². The van der Waals surface area contributed by atoms with Gasteiger partial charge < -0.3 is 14.9 Å². The van der Waals surface area contributed by atoms with Crippen molar-refractivity contribution in [3.8, 4) is 11.3 Å². The lowest BCUT2D eigenvalue weighted by molar-refractivity contribution is -0.120. The Bertz CT molecular complexity index is 566. The van der Waals surface area contributed by atoms with Gasteiger partial charge in [0.15, 0.2) is 5.76 Å². The smallest absolute Gasteiger partial charge is 0.226 e. The van der Waals surface area contributed by atoms with Crippen LogP contribution in [0.2, 0.25) is 0 Å². The van der Waals surface area contributed by atoms with E-state index in [1.165, 1.54) is 0 Å². The Balaban J connectivity index is 1.86. The van der Waals surface area contributed by atoms with Crippen molar-refractivity contribution in [2.24, 2.45) is 5.92 Å². The van der Waals surface area contributed by atoms with Gasteiger partial charge in [0.1, 0.15) is 0 Å². The van der Waals surface area contributed by atoms with Crippen molar-refractivity contribution in [1.29, 1.82) is 0 Å². The molecular formula is C16H20N2O3. The zero-order chi connectivity index (χ0) is 15.1. The Kier molecular flexibility index (Phi) is 5.51. The molecule has 112 valence electrons. The first-order chi connectivity index (χ1) is 10.2. The summed E-state index contributed by atoms with van der Waals surface area (Å²) in [5.41, 5.74) is 1.55. The highest BCUT2D eigenvalue weighted by Gasteiger charge is 2.11. The van der Waals surface area contributed by atoms with Gasteiger partial charge in [-0.05, 0) is 12.3 Å². The van der Waals surface area contributed by atoms with Gasteiger partial charge in [0, 0.05) is 24.8 Å². The van der Waals surface area contributed by atoms with Gasteiger partial charge >= 0.3 is 0 Å². The fourth-order valence-corrected chi connectivity index (χ4v) is 1.97. The molecule has 5 nitrogen and oxygen atoms in total. The second-order valence-corrected chi connectivity index (χ2v) is 5.15. The molecule has 1 aromatic carbocycles. The number of aromatic nitrogens is 1. The zero-order valence-corrected chi connectivity index (χ0v) is 12.1. The van der Waals surface area contributed by atoms with E-state index in [-0.39, 0.29) is 24.9 Å². The summed E-state index contributed by atoms with van der Waals surface area (Å²) in [7, 11) is 0. The van der Waals surface area contributed by atoms with Crippen LogP contribution in [0.4, 0.5) is 0 Å². The number of nitrogens with one attached hydrogen (secondary N) is 1. The summed E-state index contributed by atoms with van der Waals surface area (Å²) >= 11 is 0. The predicted octanol–water partition coefficient (Wildman–Crippen LogP) is 2.02. The van der Waals surface area contributed by atoms with Gasteiger partial charge in [0.2, 0.25) is 5.91 Å². The number of aliphatic hydroxyl groups excluding tert-OH is 1. The highest BCUT2D eigenvalue weighted by Crippen LogP contribution is 2.19. The maximum Gasteiger partial charge on any atom is 0.226 e. The van der Waals surface area contributed by atoms with E-state index in [9.17, 15) is 4.79 Å². The SMILES string of the molecule is CC(CCO)CNC(=O)Cc1cc(-c2ccccc2)on1. The van der Waals surface area contributed by atoms with E-state index in [0.29, 0.717) is 24.4 Å². The van der Waals surface area contributed by atoms with Crippen LogP contribution in [0.3, 0.4) is 0 Å². The monoisotopic (exact) mass is 288 g/mol. The first kappa shape index (κ1) is 15.3. The molecule has 0 fully saturated rings. The van der Waals surface area contributed by atoms with E-state index in [0.717, 1.165) is 5.56 Å². The van der Waals surface area contributed by atoms with Crippen LogP contribution in [0.5, 0.6) is 0 Å². The molecular weight excluding hydrogens is 268 g/mol. The number of amides is 1. The quantitative estimate of drug-likeness (QED) is 0.817. The first-order valence-corrected chi connectivity index (χ1v) is 7.07. The van der Waals surface area contributed by atoms with Crippen molar-refractivity contribution in [3.63, 3.8) is 0 Å². The van der Waals surface area contributed by atoms with Crippen molar-refractivity contribution >= 4 is 5.91 Å². The Morgan fingerprint density at radius 2 is 2.14 bits per heavy atom. The number of nitrogens with zero attached hydrogens (tertiary/aromatic N) is 1. The van der Waals surface area contributed by atoms with Gasteiger partial charge in [0.25, 0.3) is 0 Å². The molecule has 2 aromatic rings. The Hall–Kier alpha value is -2.14. The number of rotatable bonds is 7. The molecule has 2 N–H and O–H groups in total. The van der Waals surface area contributed by atoms with Crippen LogP contribution in [-0.2, 0) is 11.2 Å². The molecule has 1 heterocycles. The largest absolute Gasteiger partial charge is 0.396 e. The maximum absolute atomic E-state index is 11.8. The van der Waals surface area contributed by atoms with E-state index >= 15 is 0 Å². The van der Waals surface area contributed by atoms with Crippen LogP contribution < -0.4 is 5.32 Å². The molecule has 1 aromatic heterocycles. The molecule has 1 amide bonds. The average molecular weight is 288 g/mol. The van der Waals surface area contributed by atoms with E-state index in [4.69, 9.17) is 9.63 Å². The third-order valence-electron chi connectivity index (χ3n) is 3.23. The predicted molar refractivity (Wildman–Crippen MR) is 79.5 cm³/mol. The fourth-order valence-electron chi connectivity index (χ4n) is 1.97. The van der Waals surface area contributed by atoms with E-state index in [2.05, 4.69) is 10.5 Å². The summed E-state index contributed by atoms with van der Waals surface area (Å²) in [5, 5.41) is 15.6. The van der Waals surface area contributed by atoms with Gasteiger partial charge in [-0.1, -0.05) is 42.4 Å². The Labute approximate surface area is 124 Å². The number of carbonyl (C=O) groups is 1. The molecule has 0 aliphatic heterocycles. The summed E-state index contributed by atoms with van der Waals surface area (Å²) in [6.45, 7) is 2.68. The molecule has 5 heteroatoms. The standard InChI is InChI=1S/C16H20N2O3/c1-12(7-8-19)11-17-16(20)10-14-9-15(21-18-14)13-5-3-2-4-6-13/h2-6,9,12,19H,7-8,10-11H2,1H3,(H,17,20).